The van der Waals surface area contributed by atoms with E-state index in [1.165, 1.54) is 16.4 Å². The minimum Gasteiger partial charge on any atom is -0.324 e. The number of imide groups is 1. The molecular weight excluding hydrogens is 464 g/mol. The van der Waals surface area contributed by atoms with Gasteiger partial charge in [-0.3, -0.25) is 14.9 Å². The van der Waals surface area contributed by atoms with Crippen molar-refractivity contribution < 1.29 is 9.59 Å². The van der Waals surface area contributed by atoms with Crippen LogP contribution in [-0.4, -0.2) is 37.0 Å². The molecule has 178 valence electrons. The van der Waals surface area contributed by atoms with Crippen molar-refractivity contribution in [2.24, 2.45) is 0 Å². The largest absolute Gasteiger partial charge is 0.325 e. The van der Waals surface area contributed by atoms with Crippen LogP contribution in [0.4, 0.5) is 10.5 Å². The highest BCUT2D eigenvalue weighted by atomic mass is 32.2. The number of carbonyl (C=O) groups excluding carboxylic acids is 2. The second-order valence-electron chi connectivity index (χ2n) is 8.21. The number of fused-ring (bicyclic) bond motifs is 3. The van der Waals surface area contributed by atoms with Crippen molar-refractivity contribution in [3.8, 4) is 17.1 Å². The smallest absolute Gasteiger partial charge is 0.324 e. The first kappa shape index (κ1) is 22.9. The highest BCUT2D eigenvalue weighted by Crippen LogP contribution is 2.30. The number of nitrogens with one attached hydrogen (secondary N) is 2. The Morgan fingerprint density at radius 2 is 1.71 bits per heavy atom. The molecule has 3 heterocycles. The summed E-state index contributed by atoms with van der Waals surface area (Å²) in [7, 11) is 0. The van der Waals surface area contributed by atoms with Gasteiger partial charge in [0.05, 0.1) is 11.4 Å². The first-order valence-electron chi connectivity index (χ1n) is 11.5. The number of urea groups is 1. The second kappa shape index (κ2) is 10.1. The summed E-state index contributed by atoms with van der Waals surface area (Å²) >= 11 is 1.23. The van der Waals surface area contributed by atoms with Gasteiger partial charge in [0.25, 0.3) is 5.56 Å². The molecule has 35 heavy (non-hydrogen) atoms. The molecule has 0 saturated heterocycles. The highest BCUT2D eigenvalue weighted by Gasteiger charge is 2.27. The summed E-state index contributed by atoms with van der Waals surface area (Å²) in [6.07, 6.45) is 3.73. The molecule has 0 atom stereocenters. The summed E-state index contributed by atoms with van der Waals surface area (Å²) < 4.78 is 3.42. The summed E-state index contributed by atoms with van der Waals surface area (Å²) in [6.45, 7) is 0.715. The van der Waals surface area contributed by atoms with Gasteiger partial charge in [0.2, 0.25) is 5.91 Å². The van der Waals surface area contributed by atoms with Gasteiger partial charge in [-0.05, 0) is 43.5 Å². The van der Waals surface area contributed by atoms with Gasteiger partial charge in [0.1, 0.15) is 5.56 Å². The van der Waals surface area contributed by atoms with Gasteiger partial charge in [-0.2, -0.15) is 4.68 Å². The minimum atomic E-state index is -0.589. The van der Waals surface area contributed by atoms with Gasteiger partial charge < -0.3 is 9.88 Å². The topological polar surface area (TPSA) is 111 Å². The van der Waals surface area contributed by atoms with E-state index in [-0.39, 0.29) is 11.3 Å². The number of carbonyl (C=O) groups is 2. The van der Waals surface area contributed by atoms with Crippen LogP contribution in [0.2, 0.25) is 0 Å². The molecule has 9 nitrogen and oxygen atoms in total. The maximum absolute atomic E-state index is 13.3. The lowest BCUT2D eigenvalue weighted by atomic mass is 10.1. The van der Waals surface area contributed by atoms with E-state index in [1.807, 2.05) is 41.0 Å². The van der Waals surface area contributed by atoms with Crippen LogP contribution in [0.3, 0.4) is 0 Å². The molecule has 5 rings (SSSR count). The molecule has 2 aromatic rings. The first-order chi connectivity index (χ1) is 17.1. The fourth-order valence-corrected chi connectivity index (χ4v) is 5.03. The molecule has 0 aliphatic carbocycles. The summed E-state index contributed by atoms with van der Waals surface area (Å²) in [5.74, 6) is -0.0617. The lowest BCUT2D eigenvalue weighted by molar-refractivity contribution is -0.117. The Hall–Kier alpha value is -3.92. The van der Waals surface area contributed by atoms with Crippen molar-refractivity contribution in [1.82, 2.24) is 24.6 Å². The first-order valence-corrected chi connectivity index (χ1v) is 12.5. The molecule has 2 aromatic carbocycles. The van der Waals surface area contributed by atoms with Crippen LogP contribution in [0.5, 0.6) is 0 Å². The van der Waals surface area contributed by atoms with Crippen LogP contribution >= 0.6 is 11.8 Å². The number of hydrogen-bond donors (Lipinski definition) is 2. The Labute approximate surface area is 205 Å². The zero-order valence-electron chi connectivity index (χ0n) is 18.9. The monoisotopic (exact) mass is 488 g/mol. The van der Waals surface area contributed by atoms with Gasteiger partial charge in [-0.25, -0.2) is 9.78 Å². The van der Waals surface area contributed by atoms with Crippen molar-refractivity contribution in [3.05, 3.63) is 76.7 Å². The molecule has 3 aliphatic rings. The molecule has 3 amide bonds. The predicted molar refractivity (Wildman–Crippen MR) is 134 cm³/mol. The SMILES string of the molecule is O=C(CSc1nc2nn(-c3ccccc3)c(=O)c-2c2n1CCCCC2)NC(=O)Nc1ccccc1. The van der Waals surface area contributed by atoms with Gasteiger partial charge >= 0.3 is 6.03 Å². The van der Waals surface area contributed by atoms with E-state index in [0.29, 0.717) is 34.5 Å². The van der Waals surface area contributed by atoms with Gasteiger partial charge in [0.15, 0.2) is 11.0 Å². The van der Waals surface area contributed by atoms with Crippen molar-refractivity contribution in [1.29, 1.82) is 0 Å². The van der Waals surface area contributed by atoms with Crippen molar-refractivity contribution in [3.63, 3.8) is 0 Å². The number of para-hydroxylation sites is 2. The third-order valence-corrected chi connectivity index (χ3v) is 6.76. The van der Waals surface area contributed by atoms with Crippen LogP contribution < -0.4 is 16.2 Å². The average molecular weight is 489 g/mol. The fraction of sp³-hybridized carbons (Fsp3) is 0.240. The Morgan fingerprint density at radius 1 is 0.971 bits per heavy atom. The van der Waals surface area contributed by atoms with E-state index in [4.69, 9.17) is 0 Å². The number of hydrogen-bond acceptors (Lipinski definition) is 6. The van der Waals surface area contributed by atoms with Crippen LogP contribution in [-0.2, 0) is 17.8 Å². The summed E-state index contributed by atoms with van der Waals surface area (Å²) in [5, 5.41) is 10.1. The number of aromatic nitrogens is 4. The normalized spacial score (nSPS) is 13.1. The zero-order valence-corrected chi connectivity index (χ0v) is 19.8. The second-order valence-corrected chi connectivity index (χ2v) is 9.15. The third kappa shape index (κ3) is 4.97. The molecule has 0 radical (unpaired) electrons. The van der Waals surface area contributed by atoms with Gasteiger partial charge in [-0.15, -0.1) is 5.10 Å². The molecule has 0 spiro atoms. The van der Waals surface area contributed by atoms with Crippen LogP contribution in [0.15, 0.2) is 70.6 Å². The molecule has 10 heteroatoms. The van der Waals surface area contributed by atoms with E-state index < -0.39 is 11.9 Å². The van der Waals surface area contributed by atoms with E-state index in [9.17, 15) is 14.4 Å². The third-order valence-electron chi connectivity index (χ3n) is 5.78. The molecule has 0 bridgehead atoms. The van der Waals surface area contributed by atoms with Crippen LogP contribution in [0, 0.1) is 0 Å². The van der Waals surface area contributed by atoms with Crippen LogP contribution in [0.1, 0.15) is 25.0 Å². The number of benzene rings is 2. The number of amides is 3. The van der Waals surface area contributed by atoms with Crippen molar-refractivity contribution in [2.45, 2.75) is 37.4 Å². The predicted octanol–water partition coefficient (Wildman–Crippen LogP) is 3.70. The summed E-state index contributed by atoms with van der Waals surface area (Å²) in [6, 6.07) is 17.6. The number of anilines is 1. The number of thioether (sulfide) groups is 1. The molecule has 3 aliphatic heterocycles. The van der Waals surface area contributed by atoms with E-state index in [2.05, 4.69) is 20.7 Å². The van der Waals surface area contributed by atoms with E-state index in [0.717, 1.165) is 31.4 Å². The maximum Gasteiger partial charge on any atom is 0.325 e. The molecule has 0 unspecified atom stereocenters. The van der Waals surface area contributed by atoms with Gasteiger partial charge in [0, 0.05) is 17.9 Å². The summed E-state index contributed by atoms with van der Waals surface area (Å²) in [5.41, 5.74) is 2.54. The van der Waals surface area contributed by atoms with E-state index in [1.54, 1.807) is 24.3 Å². The number of rotatable bonds is 5. The maximum atomic E-state index is 13.3. The van der Waals surface area contributed by atoms with Crippen molar-refractivity contribution in [2.75, 3.05) is 11.1 Å². The average Bonchev–Trinajstić information content (AvgIpc) is 3.03. The fourth-order valence-electron chi connectivity index (χ4n) is 4.18. The Bertz CT molecular complexity index is 1380. The molecule has 0 aromatic heterocycles. The molecular formula is C25H24N6O3S. The van der Waals surface area contributed by atoms with Crippen LogP contribution in [0.25, 0.3) is 17.1 Å². The van der Waals surface area contributed by atoms with E-state index >= 15 is 0 Å². The highest BCUT2D eigenvalue weighted by molar-refractivity contribution is 7.99. The lowest BCUT2D eigenvalue weighted by Crippen LogP contribution is -2.35. The lowest BCUT2D eigenvalue weighted by Gasteiger charge is -2.17. The molecule has 0 saturated carbocycles. The Kier molecular flexibility index (Phi) is 6.62. The van der Waals surface area contributed by atoms with Gasteiger partial charge in [-0.1, -0.05) is 54.6 Å². The van der Waals surface area contributed by atoms with Crippen molar-refractivity contribution >= 4 is 29.4 Å². The Balaban J connectivity index is 1.39. The quantitative estimate of drug-likeness (QED) is 0.327. The minimum absolute atomic E-state index is 0.00375. The standard InChI is InChI=1S/C25H24N6O3S/c32-20(27-24(34)26-17-10-4-1-5-11-17)16-35-25-28-22-21(19-14-8-3-9-15-30(19)25)23(33)31(29-22)18-12-6-2-7-13-18/h1-2,4-7,10-13H,3,8-9,14-16H2,(H2,26,27,32,34). The molecule has 0 fully saturated rings. The summed E-state index contributed by atoms with van der Waals surface area (Å²) in [4.78, 5) is 42.6. The Morgan fingerprint density at radius 3 is 2.49 bits per heavy atom. The number of nitrogens with zero attached hydrogens (tertiary/aromatic N) is 4. The zero-order chi connectivity index (χ0) is 24.2. The molecule has 2 N–H and O–H groups in total.